The second kappa shape index (κ2) is 5.82. The normalized spacial score (nSPS) is 11.3. The van der Waals surface area contributed by atoms with Crippen LogP contribution in [0.3, 0.4) is 0 Å². The van der Waals surface area contributed by atoms with E-state index in [1.54, 1.807) is 27.7 Å². The molecule has 0 amide bonds. The van der Waals surface area contributed by atoms with Gasteiger partial charge in [0.25, 0.3) is 0 Å². The largest absolute Gasteiger partial charge is 0.464 e. The summed E-state index contributed by atoms with van der Waals surface area (Å²) in [5.41, 5.74) is 0.125. The number of aromatic nitrogens is 1. The Morgan fingerprint density at radius 1 is 1.32 bits per heavy atom. The highest BCUT2D eigenvalue weighted by molar-refractivity contribution is 14.1. The van der Waals surface area contributed by atoms with Gasteiger partial charge >= 0.3 is 12.1 Å². The summed E-state index contributed by atoms with van der Waals surface area (Å²) in [4.78, 5) is 24.0. The van der Waals surface area contributed by atoms with Crippen molar-refractivity contribution >= 4 is 50.6 Å². The van der Waals surface area contributed by atoms with Crippen molar-refractivity contribution in [3.05, 3.63) is 19.4 Å². The SMILES string of the molecule is COC(=O)c1c(I)c(Br)c(C)n1C(=O)OC(C)(C)C. The summed E-state index contributed by atoms with van der Waals surface area (Å²) in [5, 5.41) is 0. The van der Waals surface area contributed by atoms with Crippen molar-refractivity contribution in [2.24, 2.45) is 0 Å². The first-order valence-corrected chi connectivity index (χ1v) is 7.35. The second-order valence-electron chi connectivity index (χ2n) is 4.87. The molecule has 7 heteroatoms. The summed E-state index contributed by atoms with van der Waals surface area (Å²) >= 11 is 5.34. The first kappa shape index (κ1) is 16.5. The van der Waals surface area contributed by atoms with Gasteiger partial charge in [-0.25, -0.2) is 14.2 Å². The van der Waals surface area contributed by atoms with E-state index in [0.717, 1.165) is 0 Å². The minimum Gasteiger partial charge on any atom is -0.464 e. The van der Waals surface area contributed by atoms with Crippen LogP contribution in [-0.2, 0) is 9.47 Å². The fourth-order valence-corrected chi connectivity index (χ4v) is 2.66. The number of carbonyl (C=O) groups is 2. The molecule has 0 N–H and O–H groups in total. The molecule has 19 heavy (non-hydrogen) atoms. The molecular weight excluding hydrogens is 429 g/mol. The smallest absolute Gasteiger partial charge is 0.419 e. The molecule has 1 aromatic rings. The third-order valence-electron chi connectivity index (χ3n) is 2.23. The lowest BCUT2D eigenvalue weighted by atomic mass is 10.2. The van der Waals surface area contributed by atoms with Crippen molar-refractivity contribution in [2.45, 2.75) is 33.3 Å². The van der Waals surface area contributed by atoms with Crippen LogP contribution in [0.4, 0.5) is 4.79 Å². The zero-order valence-electron chi connectivity index (χ0n) is 11.3. The van der Waals surface area contributed by atoms with Crippen LogP contribution < -0.4 is 0 Å². The van der Waals surface area contributed by atoms with Gasteiger partial charge < -0.3 is 9.47 Å². The number of hydrogen-bond donors (Lipinski definition) is 0. The molecule has 0 aromatic carbocycles. The fourth-order valence-electron chi connectivity index (χ4n) is 1.44. The van der Waals surface area contributed by atoms with Gasteiger partial charge in [-0.05, 0) is 66.2 Å². The predicted octanol–water partition coefficient (Wildman–Crippen LogP) is 3.73. The van der Waals surface area contributed by atoms with Crippen LogP contribution in [0.15, 0.2) is 4.47 Å². The number of hydrogen-bond acceptors (Lipinski definition) is 4. The van der Waals surface area contributed by atoms with Crippen LogP contribution in [0.2, 0.25) is 0 Å². The fraction of sp³-hybridized carbons (Fsp3) is 0.500. The zero-order chi connectivity index (χ0) is 15.0. The topological polar surface area (TPSA) is 57.5 Å². The number of halogens is 2. The number of carbonyl (C=O) groups excluding carboxylic acids is 2. The lowest BCUT2D eigenvalue weighted by Gasteiger charge is -2.20. The molecular formula is C12H15BrINO4. The van der Waals surface area contributed by atoms with E-state index in [4.69, 9.17) is 9.47 Å². The summed E-state index contributed by atoms with van der Waals surface area (Å²) in [6.07, 6.45) is -0.603. The van der Waals surface area contributed by atoms with Crippen molar-refractivity contribution in [1.82, 2.24) is 4.57 Å². The van der Waals surface area contributed by atoms with Gasteiger partial charge in [0.05, 0.1) is 15.2 Å². The van der Waals surface area contributed by atoms with Crippen LogP contribution in [-0.4, -0.2) is 29.3 Å². The Morgan fingerprint density at radius 2 is 1.84 bits per heavy atom. The number of rotatable bonds is 1. The van der Waals surface area contributed by atoms with E-state index in [1.807, 2.05) is 22.6 Å². The maximum absolute atomic E-state index is 12.2. The molecule has 0 aliphatic heterocycles. The third kappa shape index (κ3) is 3.50. The van der Waals surface area contributed by atoms with E-state index < -0.39 is 17.7 Å². The third-order valence-corrected chi connectivity index (χ3v) is 4.99. The molecule has 0 aliphatic rings. The molecule has 1 heterocycles. The summed E-state index contributed by atoms with van der Waals surface area (Å²) < 4.78 is 12.5. The molecule has 0 fully saturated rings. The van der Waals surface area contributed by atoms with E-state index in [0.29, 0.717) is 13.7 Å². The molecule has 1 rings (SSSR count). The molecule has 0 saturated carbocycles. The first-order chi connectivity index (χ1) is 8.60. The Morgan fingerprint density at radius 3 is 2.26 bits per heavy atom. The van der Waals surface area contributed by atoms with Crippen LogP contribution in [0, 0.1) is 10.5 Å². The van der Waals surface area contributed by atoms with Gasteiger partial charge in [-0.3, -0.25) is 0 Å². The van der Waals surface area contributed by atoms with Gasteiger partial charge in [-0.1, -0.05) is 0 Å². The molecule has 106 valence electrons. The lowest BCUT2D eigenvalue weighted by molar-refractivity contribution is 0.0480. The quantitative estimate of drug-likeness (QED) is 0.490. The van der Waals surface area contributed by atoms with Gasteiger partial charge in [0, 0.05) is 5.69 Å². The average molecular weight is 444 g/mol. The number of esters is 1. The van der Waals surface area contributed by atoms with Crippen molar-refractivity contribution < 1.29 is 19.1 Å². The Labute approximate surface area is 133 Å². The molecule has 1 aromatic heterocycles. The first-order valence-electron chi connectivity index (χ1n) is 5.48. The van der Waals surface area contributed by atoms with Gasteiger partial charge in [0.1, 0.15) is 5.60 Å². The van der Waals surface area contributed by atoms with Crippen molar-refractivity contribution in [3.63, 3.8) is 0 Å². The molecule has 0 radical (unpaired) electrons. The minimum atomic E-state index is -0.640. The predicted molar refractivity (Wildman–Crippen MR) is 82.6 cm³/mol. The van der Waals surface area contributed by atoms with Gasteiger partial charge in [-0.15, -0.1) is 0 Å². The summed E-state index contributed by atoms with van der Waals surface area (Å²) in [6.45, 7) is 7.02. The van der Waals surface area contributed by atoms with Crippen molar-refractivity contribution in [1.29, 1.82) is 0 Å². The van der Waals surface area contributed by atoms with Gasteiger partial charge in [-0.2, -0.15) is 0 Å². The zero-order valence-corrected chi connectivity index (χ0v) is 15.1. The van der Waals surface area contributed by atoms with Crippen molar-refractivity contribution in [3.8, 4) is 0 Å². The molecule has 0 unspecified atom stereocenters. The number of nitrogens with zero attached hydrogens (tertiary/aromatic N) is 1. The maximum atomic E-state index is 12.2. The second-order valence-corrected chi connectivity index (χ2v) is 6.74. The lowest BCUT2D eigenvalue weighted by Crippen LogP contribution is -2.29. The van der Waals surface area contributed by atoms with E-state index in [9.17, 15) is 9.59 Å². The van der Waals surface area contributed by atoms with Crippen LogP contribution in [0.5, 0.6) is 0 Å². The molecule has 0 saturated heterocycles. The highest BCUT2D eigenvalue weighted by atomic mass is 127. The summed E-state index contributed by atoms with van der Waals surface area (Å²) in [6, 6.07) is 0. The number of methoxy groups -OCH3 is 1. The van der Waals surface area contributed by atoms with E-state index in [1.165, 1.54) is 11.7 Å². The molecule has 0 atom stereocenters. The maximum Gasteiger partial charge on any atom is 0.419 e. The Bertz CT molecular complexity index is 531. The molecule has 0 aliphatic carbocycles. The van der Waals surface area contributed by atoms with E-state index in [-0.39, 0.29) is 5.69 Å². The Kier molecular flexibility index (Phi) is 5.05. The van der Waals surface area contributed by atoms with E-state index in [2.05, 4.69) is 15.9 Å². The van der Waals surface area contributed by atoms with Gasteiger partial charge in [0.15, 0.2) is 5.69 Å². The highest BCUT2D eigenvalue weighted by Gasteiger charge is 2.29. The number of ether oxygens (including phenoxy) is 2. The molecule has 0 spiro atoms. The standard InChI is InChI=1S/C12H15BrINO4/c1-6-7(13)8(14)9(10(16)18-5)15(6)11(17)19-12(2,3)4/h1-5H3. The Hall–Kier alpha value is -0.570. The average Bonchev–Trinajstić information content (AvgIpc) is 2.50. The van der Waals surface area contributed by atoms with Crippen molar-refractivity contribution in [2.75, 3.05) is 7.11 Å². The van der Waals surface area contributed by atoms with E-state index >= 15 is 0 Å². The van der Waals surface area contributed by atoms with Crippen LogP contribution >= 0.6 is 38.5 Å². The monoisotopic (exact) mass is 443 g/mol. The Balaban J connectivity index is 3.38. The highest BCUT2D eigenvalue weighted by Crippen LogP contribution is 2.30. The molecule has 0 bridgehead atoms. The van der Waals surface area contributed by atoms with Gasteiger partial charge in [0.2, 0.25) is 0 Å². The minimum absolute atomic E-state index is 0.168. The summed E-state index contributed by atoms with van der Waals surface area (Å²) in [5.74, 6) is -0.580. The molecule has 5 nitrogen and oxygen atoms in total. The van der Waals surface area contributed by atoms with Crippen LogP contribution in [0.25, 0.3) is 0 Å². The summed E-state index contributed by atoms with van der Waals surface area (Å²) in [7, 11) is 1.27. The van der Waals surface area contributed by atoms with Crippen LogP contribution in [0.1, 0.15) is 37.0 Å².